The summed E-state index contributed by atoms with van der Waals surface area (Å²) in [4.78, 5) is 13.7. The molecule has 0 unspecified atom stereocenters. The van der Waals surface area contributed by atoms with Crippen molar-refractivity contribution in [2.45, 2.75) is 37.6 Å². The van der Waals surface area contributed by atoms with Crippen LogP contribution in [0.1, 0.15) is 42.7 Å². The maximum atomic E-state index is 13.0. The number of aromatic nitrogens is 2. The van der Waals surface area contributed by atoms with Crippen LogP contribution in [0.15, 0.2) is 30.5 Å². The fourth-order valence-corrected chi connectivity index (χ4v) is 4.36. The van der Waals surface area contributed by atoms with Gasteiger partial charge in [-0.3, -0.25) is 4.90 Å². The second-order valence-corrected chi connectivity index (χ2v) is 8.39. The molecule has 0 spiro atoms. The maximum Gasteiger partial charge on any atom is 0.264 e. The fraction of sp³-hybridized carbons (Fsp3) is 0.545. The summed E-state index contributed by atoms with van der Waals surface area (Å²) in [5.41, 5.74) is 1.22. The summed E-state index contributed by atoms with van der Waals surface area (Å²) < 4.78 is 31.4. The number of halogens is 2. The molecule has 0 aliphatic carbocycles. The molecule has 2 aromatic rings. The van der Waals surface area contributed by atoms with Crippen LogP contribution in [0.4, 0.5) is 26.2 Å². The van der Waals surface area contributed by atoms with E-state index in [1.165, 1.54) is 30.3 Å². The molecule has 2 aromatic heterocycles. The van der Waals surface area contributed by atoms with Crippen LogP contribution in [0.3, 0.4) is 0 Å². The number of nitrogens with zero attached hydrogens (tertiary/aromatic N) is 4. The average Bonchev–Trinajstić information content (AvgIpc) is 2.66. The minimum absolute atomic E-state index is 0.0426. The van der Waals surface area contributed by atoms with Gasteiger partial charge in [0.15, 0.2) is 0 Å². The Hall–Kier alpha value is -2.32. The standard InChI is InChI=1S/C22H27F2N5O/c23-22(24)16-2-5-25-19(10-16)26-20-11-17(12-21(27-20)29-6-1-7-29)15-3-8-28(9-4-15)18-13-30-14-18/h2,5,10-12,15,18,22H,1,3-4,6-9,13-14H2,(H,25,26,27). The zero-order valence-corrected chi connectivity index (χ0v) is 16.9. The minimum atomic E-state index is -2.52. The van der Waals surface area contributed by atoms with E-state index in [-0.39, 0.29) is 5.56 Å². The number of likely N-dealkylation sites (tertiary alicyclic amines) is 1. The Morgan fingerprint density at radius 3 is 2.47 bits per heavy atom. The fourth-order valence-electron chi connectivity index (χ4n) is 4.36. The molecule has 3 aliphatic rings. The lowest BCUT2D eigenvalue weighted by molar-refractivity contribution is -0.0712. The molecule has 3 aliphatic heterocycles. The number of pyridine rings is 2. The van der Waals surface area contributed by atoms with E-state index >= 15 is 0 Å². The summed E-state index contributed by atoms with van der Waals surface area (Å²) in [5.74, 6) is 2.50. The molecule has 0 bridgehead atoms. The first-order valence-corrected chi connectivity index (χ1v) is 10.8. The van der Waals surface area contributed by atoms with Crippen molar-refractivity contribution in [1.29, 1.82) is 0 Å². The highest BCUT2D eigenvalue weighted by molar-refractivity contribution is 5.58. The number of anilines is 3. The third kappa shape index (κ3) is 4.11. The van der Waals surface area contributed by atoms with Gasteiger partial charge in [-0.15, -0.1) is 0 Å². The monoisotopic (exact) mass is 415 g/mol. The van der Waals surface area contributed by atoms with Gasteiger partial charge in [-0.05, 0) is 68.1 Å². The number of hydrogen-bond donors (Lipinski definition) is 1. The molecular formula is C22H27F2N5O. The largest absolute Gasteiger partial charge is 0.378 e. The lowest BCUT2D eigenvalue weighted by Gasteiger charge is -2.41. The van der Waals surface area contributed by atoms with Gasteiger partial charge in [-0.25, -0.2) is 18.7 Å². The van der Waals surface area contributed by atoms with Gasteiger partial charge in [0.2, 0.25) is 0 Å². The smallest absolute Gasteiger partial charge is 0.264 e. The van der Waals surface area contributed by atoms with Crippen molar-refractivity contribution in [3.8, 4) is 0 Å². The van der Waals surface area contributed by atoms with E-state index in [1.807, 2.05) is 0 Å². The second-order valence-electron chi connectivity index (χ2n) is 8.39. The second kappa shape index (κ2) is 8.43. The summed E-state index contributed by atoms with van der Waals surface area (Å²) in [6.45, 7) is 5.90. The van der Waals surface area contributed by atoms with Crippen molar-refractivity contribution in [2.75, 3.05) is 49.6 Å². The number of nitrogens with one attached hydrogen (secondary N) is 1. The van der Waals surface area contributed by atoms with E-state index < -0.39 is 6.43 Å². The average molecular weight is 415 g/mol. The highest BCUT2D eigenvalue weighted by Crippen LogP contribution is 2.34. The Kier molecular flexibility index (Phi) is 5.52. The van der Waals surface area contributed by atoms with Crippen molar-refractivity contribution in [1.82, 2.24) is 14.9 Å². The SMILES string of the molecule is FC(F)c1ccnc(Nc2cc(C3CCN(C4COC4)CC3)cc(N3CCC3)n2)c1. The highest BCUT2D eigenvalue weighted by Gasteiger charge is 2.30. The summed E-state index contributed by atoms with van der Waals surface area (Å²) in [6.07, 6.45) is 2.28. The summed E-state index contributed by atoms with van der Waals surface area (Å²) in [6, 6.07) is 7.59. The quantitative estimate of drug-likeness (QED) is 0.771. The molecule has 3 fully saturated rings. The van der Waals surface area contributed by atoms with Gasteiger partial charge in [0.25, 0.3) is 6.43 Å². The van der Waals surface area contributed by atoms with Crippen molar-refractivity contribution < 1.29 is 13.5 Å². The van der Waals surface area contributed by atoms with Crippen LogP contribution < -0.4 is 10.2 Å². The lowest BCUT2D eigenvalue weighted by Crippen LogP contribution is -2.51. The molecule has 0 amide bonds. The predicted molar refractivity (Wildman–Crippen MR) is 112 cm³/mol. The van der Waals surface area contributed by atoms with Crippen LogP contribution in [0.5, 0.6) is 0 Å². The molecular weight excluding hydrogens is 388 g/mol. The normalized spacial score (nSPS) is 20.8. The van der Waals surface area contributed by atoms with Gasteiger partial charge in [-0.1, -0.05) is 0 Å². The van der Waals surface area contributed by atoms with E-state index in [1.54, 1.807) is 0 Å². The molecule has 160 valence electrons. The van der Waals surface area contributed by atoms with Crippen molar-refractivity contribution in [2.24, 2.45) is 0 Å². The van der Waals surface area contributed by atoms with Crippen LogP contribution in [-0.2, 0) is 4.74 Å². The topological polar surface area (TPSA) is 53.5 Å². The number of alkyl halides is 2. The molecule has 3 saturated heterocycles. The Bertz CT molecular complexity index is 880. The molecule has 0 saturated carbocycles. The summed E-state index contributed by atoms with van der Waals surface area (Å²) >= 11 is 0. The molecule has 6 nitrogen and oxygen atoms in total. The summed E-state index contributed by atoms with van der Waals surface area (Å²) in [7, 11) is 0. The molecule has 0 radical (unpaired) electrons. The Labute approximate surface area is 175 Å². The highest BCUT2D eigenvalue weighted by atomic mass is 19.3. The first-order valence-electron chi connectivity index (χ1n) is 10.8. The summed E-state index contributed by atoms with van der Waals surface area (Å²) in [5, 5.41) is 3.16. The Balaban J connectivity index is 1.36. The van der Waals surface area contributed by atoms with Gasteiger partial charge >= 0.3 is 0 Å². The van der Waals surface area contributed by atoms with E-state index in [0.29, 0.717) is 23.6 Å². The first-order chi connectivity index (χ1) is 14.7. The maximum absolute atomic E-state index is 13.0. The van der Waals surface area contributed by atoms with Crippen LogP contribution in [0, 0.1) is 0 Å². The number of piperidine rings is 1. The van der Waals surface area contributed by atoms with Gasteiger partial charge in [0, 0.05) is 24.8 Å². The molecule has 5 heterocycles. The molecule has 0 atom stereocenters. The molecule has 8 heteroatoms. The van der Waals surface area contributed by atoms with Crippen LogP contribution in [0.2, 0.25) is 0 Å². The van der Waals surface area contributed by atoms with E-state index in [0.717, 1.165) is 58.1 Å². The van der Waals surface area contributed by atoms with Crippen LogP contribution in [-0.4, -0.2) is 60.3 Å². The Morgan fingerprint density at radius 1 is 1.03 bits per heavy atom. The van der Waals surface area contributed by atoms with Crippen molar-refractivity contribution in [3.05, 3.63) is 41.6 Å². The van der Waals surface area contributed by atoms with Crippen molar-refractivity contribution in [3.63, 3.8) is 0 Å². The zero-order valence-electron chi connectivity index (χ0n) is 16.9. The van der Waals surface area contributed by atoms with Crippen molar-refractivity contribution >= 4 is 17.5 Å². The first kappa shape index (κ1) is 19.6. The van der Waals surface area contributed by atoms with Gasteiger partial charge in [0.1, 0.15) is 17.5 Å². The number of rotatable bonds is 6. The molecule has 30 heavy (non-hydrogen) atoms. The van der Waals surface area contributed by atoms with Crippen LogP contribution in [0.25, 0.3) is 0 Å². The van der Waals surface area contributed by atoms with Crippen LogP contribution >= 0.6 is 0 Å². The van der Waals surface area contributed by atoms with Gasteiger partial charge < -0.3 is 15.0 Å². The lowest BCUT2D eigenvalue weighted by atomic mass is 9.89. The third-order valence-electron chi connectivity index (χ3n) is 6.44. The minimum Gasteiger partial charge on any atom is -0.378 e. The molecule has 5 rings (SSSR count). The van der Waals surface area contributed by atoms with Gasteiger partial charge in [0.05, 0.1) is 19.3 Å². The van der Waals surface area contributed by atoms with E-state index in [4.69, 9.17) is 9.72 Å². The predicted octanol–water partition coefficient (Wildman–Crippen LogP) is 3.95. The third-order valence-corrected chi connectivity index (χ3v) is 6.44. The zero-order chi connectivity index (χ0) is 20.5. The molecule has 1 N–H and O–H groups in total. The van der Waals surface area contributed by atoms with E-state index in [2.05, 4.69) is 32.2 Å². The number of hydrogen-bond acceptors (Lipinski definition) is 6. The molecule has 0 aromatic carbocycles. The van der Waals surface area contributed by atoms with E-state index in [9.17, 15) is 8.78 Å². The Morgan fingerprint density at radius 2 is 1.83 bits per heavy atom. The number of ether oxygens (including phenoxy) is 1. The van der Waals surface area contributed by atoms with Gasteiger partial charge in [-0.2, -0.15) is 0 Å².